The highest BCUT2D eigenvalue weighted by atomic mass is 16.5. The first-order valence-corrected chi connectivity index (χ1v) is 6.00. The fourth-order valence-electron chi connectivity index (χ4n) is 1.52. The highest BCUT2D eigenvalue weighted by molar-refractivity contribution is 5.60. The predicted octanol–water partition coefficient (Wildman–Crippen LogP) is 2.74. The van der Waals surface area contributed by atoms with Gasteiger partial charge in [0.2, 0.25) is 0 Å². The van der Waals surface area contributed by atoms with E-state index in [1.165, 1.54) is 16.9 Å². The molecule has 0 unspecified atom stereocenters. The Bertz CT molecular complexity index is 333. The fourth-order valence-corrected chi connectivity index (χ4v) is 1.52. The lowest BCUT2D eigenvalue weighted by atomic mass is 10.1. The summed E-state index contributed by atoms with van der Waals surface area (Å²) in [6.07, 6.45) is 0.265. The maximum absolute atomic E-state index is 5.66. The molecule has 0 aliphatic rings. The largest absolute Gasteiger partial charge is 0.378 e. The van der Waals surface area contributed by atoms with Crippen molar-refractivity contribution < 1.29 is 4.74 Å². The quantitative estimate of drug-likeness (QED) is 0.782. The second-order valence-electron chi connectivity index (χ2n) is 5.01. The number of benzene rings is 1. The van der Waals surface area contributed by atoms with Crippen LogP contribution < -0.4 is 9.80 Å². The van der Waals surface area contributed by atoms with Crippen molar-refractivity contribution in [3.8, 4) is 0 Å². The van der Waals surface area contributed by atoms with Crippen LogP contribution in [0.1, 0.15) is 19.4 Å². The minimum atomic E-state index is 0.265. The summed E-state index contributed by atoms with van der Waals surface area (Å²) in [7, 11) is 8.23. The van der Waals surface area contributed by atoms with Crippen molar-refractivity contribution in [1.82, 2.24) is 0 Å². The van der Waals surface area contributed by atoms with Crippen LogP contribution in [0.15, 0.2) is 18.2 Å². The van der Waals surface area contributed by atoms with E-state index in [4.69, 9.17) is 4.74 Å². The molecule has 1 aromatic carbocycles. The summed E-state index contributed by atoms with van der Waals surface area (Å²) in [5.74, 6) is 0. The third-order valence-corrected chi connectivity index (χ3v) is 2.58. The van der Waals surface area contributed by atoms with E-state index in [2.05, 4.69) is 70.0 Å². The molecule has 0 aliphatic heterocycles. The van der Waals surface area contributed by atoms with Gasteiger partial charge in [0, 0.05) is 39.6 Å². The molecule has 0 aliphatic carbocycles. The van der Waals surface area contributed by atoms with Crippen LogP contribution in [0.2, 0.25) is 0 Å². The Hall–Kier alpha value is -1.22. The van der Waals surface area contributed by atoms with Gasteiger partial charge in [-0.1, -0.05) is 0 Å². The average Bonchev–Trinajstić information content (AvgIpc) is 2.25. The number of nitrogens with zero attached hydrogens (tertiary/aromatic N) is 2. The lowest BCUT2D eigenvalue weighted by molar-refractivity contribution is 0.0657. The Morgan fingerprint density at radius 1 is 0.941 bits per heavy atom. The number of ether oxygens (including phenoxy) is 1. The van der Waals surface area contributed by atoms with Crippen LogP contribution >= 0.6 is 0 Å². The average molecular weight is 236 g/mol. The van der Waals surface area contributed by atoms with Crippen LogP contribution in [0.25, 0.3) is 0 Å². The van der Waals surface area contributed by atoms with Gasteiger partial charge in [-0.05, 0) is 37.6 Å². The number of hydrogen-bond acceptors (Lipinski definition) is 3. The molecule has 0 aromatic heterocycles. The molecule has 0 N–H and O–H groups in total. The van der Waals surface area contributed by atoms with Gasteiger partial charge in [-0.2, -0.15) is 0 Å². The van der Waals surface area contributed by atoms with Crippen molar-refractivity contribution in [3.05, 3.63) is 23.8 Å². The van der Waals surface area contributed by atoms with Crippen molar-refractivity contribution in [3.63, 3.8) is 0 Å². The monoisotopic (exact) mass is 236 g/mol. The molecular formula is C14H24N2O. The Kier molecular flexibility index (Phi) is 4.82. The van der Waals surface area contributed by atoms with Gasteiger partial charge >= 0.3 is 0 Å². The number of rotatable bonds is 5. The molecule has 0 fully saturated rings. The summed E-state index contributed by atoms with van der Waals surface area (Å²) in [6, 6.07) is 6.53. The summed E-state index contributed by atoms with van der Waals surface area (Å²) in [5.41, 5.74) is 3.63. The molecule has 0 radical (unpaired) electrons. The van der Waals surface area contributed by atoms with Crippen LogP contribution in [0.3, 0.4) is 0 Å². The zero-order valence-corrected chi connectivity index (χ0v) is 11.8. The summed E-state index contributed by atoms with van der Waals surface area (Å²) in [5, 5.41) is 0. The molecule has 0 amide bonds. The first-order valence-electron chi connectivity index (χ1n) is 6.00. The van der Waals surface area contributed by atoms with Gasteiger partial charge in [0.25, 0.3) is 0 Å². The molecule has 96 valence electrons. The molecule has 0 bridgehead atoms. The summed E-state index contributed by atoms with van der Waals surface area (Å²) < 4.78 is 5.66. The van der Waals surface area contributed by atoms with Crippen LogP contribution in [0, 0.1) is 0 Å². The SMILES string of the molecule is CC(C)OCc1cc(N(C)C)cc(N(C)C)c1. The minimum absolute atomic E-state index is 0.265. The maximum Gasteiger partial charge on any atom is 0.0721 e. The smallest absolute Gasteiger partial charge is 0.0721 e. The van der Waals surface area contributed by atoms with Gasteiger partial charge in [-0.3, -0.25) is 0 Å². The molecule has 3 heteroatoms. The molecule has 3 nitrogen and oxygen atoms in total. The molecule has 0 saturated carbocycles. The standard InChI is InChI=1S/C14H24N2O/c1-11(2)17-10-12-7-13(15(3)4)9-14(8-12)16(5)6/h7-9,11H,10H2,1-6H3. The second-order valence-corrected chi connectivity index (χ2v) is 5.01. The minimum Gasteiger partial charge on any atom is -0.378 e. The van der Waals surface area contributed by atoms with Gasteiger partial charge in [0.1, 0.15) is 0 Å². The van der Waals surface area contributed by atoms with Crippen molar-refractivity contribution in [2.24, 2.45) is 0 Å². The highest BCUT2D eigenvalue weighted by Crippen LogP contribution is 2.23. The fraction of sp³-hybridized carbons (Fsp3) is 0.571. The van der Waals surface area contributed by atoms with Gasteiger partial charge in [0.05, 0.1) is 12.7 Å². The van der Waals surface area contributed by atoms with Crippen molar-refractivity contribution in [2.45, 2.75) is 26.6 Å². The van der Waals surface area contributed by atoms with Crippen LogP contribution in [0.5, 0.6) is 0 Å². The summed E-state index contributed by atoms with van der Waals surface area (Å²) >= 11 is 0. The Morgan fingerprint density at radius 3 is 1.76 bits per heavy atom. The normalized spacial score (nSPS) is 10.8. The van der Waals surface area contributed by atoms with E-state index in [-0.39, 0.29) is 6.10 Å². The van der Waals surface area contributed by atoms with E-state index >= 15 is 0 Å². The highest BCUT2D eigenvalue weighted by Gasteiger charge is 2.05. The molecule has 17 heavy (non-hydrogen) atoms. The third kappa shape index (κ3) is 4.27. The maximum atomic E-state index is 5.66. The van der Waals surface area contributed by atoms with Crippen molar-refractivity contribution in [2.75, 3.05) is 38.0 Å². The lowest BCUT2D eigenvalue weighted by Crippen LogP contribution is -2.13. The molecule has 0 atom stereocenters. The molecular weight excluding hydrogens is 212 g/mol. The van der Waals surface area contributed by atoms with Gasteiger partial charge in [-0.15, -0.1) is 0 Å². The van der Waals surface area contributed by atoms with E-state index in [0.717, 1.165) is 0 Å². The predicted molar refractivity (Wildman–Crippen MR) is 75.0 cm³/mol. The summed E-state index contributed by atoms with van der Waals surface area (Å²) in [4.78, 5) is 4.23. The molecule has 0 heterocycles. The third-order valence-electron chi connectivity index (χ3n) is 2.58. The molecule has 1 aromatic rings. The molecule has 0 spiro atoms. The van der Waals surface area contributed by atoms with Crippen LogP contribution in [0.4, 0.5) is 11.4 Å². The zero-order valence-electron chi connectivity index (χ0n) is 11.8. The van der Waals surface area contributed by atoms with Crippen LogP contribution in [-0.4, -0.2) is 34.3 Å². The topological polar surface area (TPSA) is 15.7 Å². The molecule has 1 rings (SSSR count). The van der Waals surface area contributed by atoms with E-state index < -0.39 is 0 Å². The van der Waals surface area contributed by atoms with Crippen molar-refractivity contribution in [1.29, 1.82) is 0 Å². The van der Waals surface area contributed by atoms with Crippen LogP contribution in [-0.2, 0) is 11.3 Å². The van der Waals surface area contributed by atoms with E-state index in [0.29, 0.717) is 6.61 Å². The molecule has 0 saturated heterocycles. The van der Waals surface area contributed by atoms with E-state index in [1.807, 2.05) is 0 Å². The first-order chi connectivity index (χ1) is 7.90. The summed E-state index contributed by atoms with van der Waals surface area (Å²) in [6.45, 7) is 4.78. The Labute approximate surface area is 105 Å². The van der Waals surface area contributed by atoms with Gasteiger partial charge < -0.3 is 14.5 Å². The number of anilines is 2. The zero-order chi connectivity index (χ0) is 13.0. The second kappa shape index (κ2) is 5.92. The van der Waals surface area contributed by atoms with E-state index in [1.54, 1.807) is 0 Å². The lowest BCUT2D eigenvalue weighted by Gasteiger charge is -2.20. The Morgan fingerprint density at radius 2 is 1.41 bits per heavy atom. The first kappa shape index (κ1) is 13.8. The Balaban J connectivity index is 2.95. The number of hydrogen-bond donors (Lipinski definition) is 0. The van der Waals surface area contributed by atoms with Crippen molar-refractivity contribution >= 4 is 11.4 Å². The van der Waals surface area contributed by atoms with Gasteiger partial charge in [-0.25, -0.2) is 0 Å². The van der Waals surface area contributed by atoms with Gasteiger partial charge in [0.15, 0.2) is 0 Å². The van der Waals surface area contributed by atoms with E-state index in [9.17, 15) is 0 Å².